The van der Waals surface area contributed by atoms with Gasteiger partial charge in [-0.05, 0) is 20.8 Å². The number of carboxylic acids is 1. The van der Waals surface area contributed by atoms with E-state index in [1.165, 1.54) is 6.92 Å². The van der Waals surface area contributed by atoms with E-state index in [1.54, 1.807) is 13.8 Å². The van der Waals surface area contributed by atoms with Crippen LogP contribution in [0.15, 0.2) is 4.99 Å². The normalized spacial score (nSPS) is 13.9. The number of ether oxygens (including phenoxy) is 1. The molecule has 6 heteroatoms. The number of hydrogen-bond donors (Lipinski definition) is 2. The molecule has 6 nitrogen and oxygen atoms in total. The Labute approximate surface area is 81.8 Å². The number of carbonyl (C=O) groups excluding carboxylic acids is 1. The number of carboxylic acid groups (broad SMARTS) is 1. The minimum atomic E-state index is -1.15. The van der Waals surface area contributed by atoms with E-state index in [-0.39, 0.29) is 0 Å². The zero-order valence-electron chi connectivity index (χ0n) is 8.35. The number of rotatable bonds is 4. The second-order valence-electron chi connectivity index (χ2n) is 3.00. The minimum absolute atomic E-state index is 0.595. The van der Waals surface area contributed by atoms with Gasteiger partial charge in [0, 0.05) is 5.71 Å². The van der Waals surface area contributed by atoms with Crippen molar-refractivity contribution >= 4 is 17.8 Å². The van der Waals surface area contributed by atoms with Gasteiger partial charge in [-0.2, -0.15) is 0 Å². The number of nitrogens with two attached hydrogens (primary N) is 1. The van der Waals surface area contributed by atoms with Crippen LogP contribution in [0.3, 0.4) is 0 Å². The summed E-state index contributed by atoms with van der Waals surface area (Å²) in [6.45, 7) is 4.75. The maximum absolute atomic E-state index is 10.7. The fraction of sp³-hybridized carbons (Fsp3) is 0.625. The lowest BCUT2D eigenvalue weighted by atomic mass is 10.2. The molecule has 0 aromatic heterocycles. The van der Waals surface area contributed by atoms with Crippen molar-refractivity contribution in [3.05, 3.63) is 0 Å². The minimum Gasteiger partial charge on any atom is -0.480 e. The molecule has 0 bridgehead atoms. The molecule has 0 unspecified atom stereocenters. The highest BCUT2D eigenvalue weighted by Gasteiger charge is 2.26. The molecule has 0 radical (unpaired) electrons. The van der Waals surface area contributed by atoms with E-state index in [4.69, 9.17) is 10.8 Å². The van der Waals surface area contributed by atoms with Gasteiger partial charge in [0.05, 0.1) is 0 Å². The molecule has 0 fully saturated rings. The van der Waals surface area contributed by atoms with Crippen molar-refractivity contribution in [2.45, 2.75) is 32.9 Å². The van der Waals surface area contributed by atoms with Gasteiger partial charge in [0.1, 0.15) is 6.10 Å². The SMILES string of the molecule is CC(C)=N[C@H](C(=O)O)[C@@H](C)OC(N)=O. The summed E-state index contributed by atoms with van der Waals surface area (Å²) in [7, 11) is 0. The van der Waals surface area contributed by atoms with Crippen LogP contribution >= 0.6 is 0 Å². The topological polar surface area (TPSA) is 102 Å². The van der Waals surface area contributed by atoms with E-state index in [9.17, 15) is 9.59 Å². The van der Waals surface area contributed by atoms with E-state index in [0.717, 1.165) is 0 Å². The summed E-state index contributed by atoms with van der Waals surface area (Å²) >= 11 is 0. The van der Waals surface area contributed by atoms with Gasteiger partial charge in [0.15, 0.2) is 6.04 Å². The average molecular weight is 202 g/mol. The third-order valence-electron chi connectivity index (χ3n) is 1.40. The van der Waals surface area contributed by atoms with Crippen LogP contribution in [0.2, 0.25) is 0 Å². The van der Waals surface area contributed by atoms with Crippen molar-refractivity contribution in [2.24, 2.45) is 10.7 Å². The molecule has 0 saturated carbocycles. The second kappa shape index (κ2) is 5.21. The van der Waals surface area contributed by atoms with Crippen LogP contribution in [0.5, 0.6) is 0 Å². The first-order valence-electron chi connectivity index (χ1n) is 4.04. The predicted molar refractivity (Wildman–Crippen MR) is 50.3 cm³/mol. The molecule has 2 atom stereocenters. The van der Waals surface area contributed by atoms with Crippen molar-refractivity contribution in [2.75, 3.05) is 0 Å². The van der Waals surface area contributed by atoms with Crippen LogP contribution in [0.1, 0.15) is 20.8 Å². The van der Waals surface area contributed by atoms with Gasteiger partial charge in [-0.25, -0.2) is 9.59 Å². The molecule has 14 heavy (non-hydrogen) atoms. The molecule has 0 aliphatic heterocycles. The first-order chi connectivity index (χ1) is 6.34. The Hall–Kier alpha value is -1.59. The molecule has 0 aromatic rings. The Balaban J connectivity index is 4.58. The molecule has 0 aromatic carbocycles. The standard InChI is InChI=1S/C8H14N2O4/c1-4(2)10-6(7(11)12)5(3)14-8(9)13/h5-6H,1-3H3,(H2,9,13)(H,11,12)/t5-,6+/m1/s1. The van der Waals surface area contributed by atoms with Gasteiger partial charge >= 0.3 is 12.1 Å². The first-order valence-corrected chi connectivity index (χ1v) is 4.04. The Morgan fingerprint density at radius 1 is 1.43 bits per heavy atom. The van der Waals surface area contributed by atoms with E-state index < -0.39 is 24.2 Å². The number of aliphatic imine (C=N–C) groups is 1. The van der Waals surface area contributed by atoms with Gasteiger partial charge in [0.25, 0.3) is 0 Å². The Kier molecular flexibility index (Phi) is 4.62. The summed E-state index contributed by atoms with van der Waals surface area (Å²) in [4.78, 5) is 24.9. The molecular formula is C8H14N2O4. The molecule has 3 N–H and O–H groups in total. The quantitative estimate of drug-likeness (QED) is 0.644. The third kappa shape index (κ3) is 4.44. The van der Waals surface area contributed by atoms with Crippen LogP contribution in [0, 0.1) is 0 Å². The van der Waals surface area contributed by atoms with E-state index in [0.29, 0.717) is 5.71 Å². The number of hydrogen-bond acceptors (Lipinski definition) is 4. The highest BCUT2D eigenvalue weighted by molar-refractivity contribution is 5.84. The molecule has 0 aliphatic rings. The fourth-order valence-electron chi connectivity index (χ4n) is 0.887. The second-order valence-corrected chi connectivity index (χ2v) is 3.00. The molecule has 0 aliphatic carbocycles. The molecule has 0 saturated heterocycles. The molecule has 80 valence electrons. The zero-order chi connectivity index (χ0) is 11.3. The summed E-state index contributed by atoms with van der Waals surface area (Å²) in [5.74, 6) is -1.15. The Morgan fingerprint density at radius 2 is 1.93 bits per heavy atom. The maximum Gasteiger partial charge on any atom is 0.404 e. The fourth-order valence-corrected chi connectivity index (χ4v) is 0.887. The van der Waals surface area contributed by atoms with Gasteiger partial charge in [0.2, 0.25) is 0 Å². The average Bonchev–Trinajstić information content (AvgIpc) is 1.97. The smallest absolute Gasteiger partial charge is 0.404 e. The lowest BCUT2D eigenvalue weighted by Crippen LogP contribution is -2.36. The summed E-state index contributed by atoms with van der Waals surface area (Å²) < 4.78 is 4.53. The van der Waals surface area contributed by atoms with Crippen molar-refractivity contribution in [3.63, 3.8) is 0 Å². The summed E-state index contributed by atoms with van der Waals surface area (Å²) in [6.07, 6.45) is -1.88. The van der Waals surface area contributed by atoms with Gasteiger partial charge in [-0.3, -0.25) is 4.99 Å². The highest BCUT2D eigenvalue weighted by atomic mass is 16.6. The monoisotopic (exact) mass is 202 g/mol. The molecular weight excluding hydrogens is 188 g/mol. The van der Waals surface area contributed by atoms with Gasteiger partial charge < -0.3 is 15.6 Å². The van der Waals surface area contributed by atoms with E-state index in [1.807, 2.05) is 0 Å². The third-order valence-corrected chi connectivity index (χ3v) is 1.40. The van der Waals surface area contributed by atoms with Crippen LogP contribution in [-0.2, 0) is 9.53 Å². The zero-order valence-corrected chi connectivity index (χ0v) is 8.35. The number of nitrogens with zero attached hydrogens (tertiary/aromatic N) is 1. The highest BCUT2D eigenvalue weighted by Crippen LogP contribution is 2.04. The molecule has 0 rings (SSSR count). The number of aliphatic carboxylic acids is 1. The van der Waals surface area contributed by atoms with Crippen LogP contribution in [0.25, 0.3) is 0 Å². The maximum atomic E-state index is 10.7. The summed E-state index contributed by atoms with van der Waals surface area (Å²) in [5.41, 5.74) is 5.35. The predicted octanol–water partition coefficient (Wildman–Crippen LogP) is 0.404. The number of primary amides is 1. The first kappa shape index (κ1) is 12.4. The van der Waals surface area contributed by atoms with Crippen molar-refractivity contribution in [3.8, 4) is 0 Å². The van der Waals surface area contributed by atoms with Crippen LogP contribution in [-0.4, -0.2) is 35.0 Å². The molecule has 0 spiro atoms. The van der Waals surface area contributed by atoms with Gasteiger partial charge in [-0.15, -0.1) is 0 Å². The summed E-state index contributed by atoms with van der Waals surface area (Å²) in [6, 6.07) is -1.10. The Bertz CT molecular complexity index is 258. The summed E-state index contributed by atoms with van der Waals surface area (Å²) in [5, 5.41) is 8.77. The molecule has 1 amide bonds. The van der Waals surface area contributed by atoms with Crippen molar-refractivity contribution in [1.29, 1.82) is 0 Å². The van der Waals surface area contributed by atoms with Gasteiger partial charge in [-0.1, -0.05) is 0 Å². The van der Waals surface area contributed by atoms with Crippen LogP contribution < -0.4 is 5.73 Å². The lowest BCUT2D eigenvalue weighted by molar-refractivity contribution is -0.140. The largest absolute Gasteiger partial charge is 0.480 e. The van der Waals surface area contributed by atoms with Crippen LogP contribution in [0.4, 0.5) is 4.79 Å². The molecule has 0 heterocycles. The number of amides is 1. The van der Waals surface area contributed by atoms with E-state index in [2.05, 4.69) is 9.73 Å². The Morgan fingerprint density at radius 3 is 2.21 bits per heavy atom. The van der Waals surface area contributed by atoms with Crippen molar-refractivity contribution in [1.82, 2.24) is 0 Å². The van der Waals surface area contributed by atoms with E-state index >= 15 is 0 Å². The number of carbonyl (C=O) groups is 2. The lowest BCUT2D eigenvalue weighted by Gasteiger charge is -2.16. The van der Waals surface area contributed by atoms with Crippen molar-refractivity contribution < 1.29 is 19.4 Å².